The third kappa shape index (κ3) is 6.72. The lowest BCUT2D eigenvalue weighted by Gasteiger charge is -2.40. The van der Waals surface area contributed by atoms with Gasteiger partial charge in [0, 0.05) is 30.1 Å². The molecule has 9 nitrogen and oxygen atoms in total. The second kappa shape index (κ2) is 11.4. The molecule has 1 saturated heterocycles. The molecule has 2 aromatic carbocycles. The summed E-state index contributed by atoms with van der Waals surface area (Å²) in [4.78, 5) is 35.6. The lowest BCUT2D eigenvalue weighted by atomic mass is 10.0. The highest BCUT2D eigenvalue weighted by molar-refractivity contribution is 6.03. The Kier molecular flexibility index (Phi) is 7.79. The number of ether oxygens (including phenoxy) is 2. The Labute approximate surface area is 228 Å². The van der Waals surface area contributed by atoms with Crippen LogP contribution in [0.2, 0.25) is 0 Å². The third-order valence-corrected chi connectivity index (χ3v) is 7.18. The molecular formula is C30H35N5O4. The first kappa shape index (κ1) is 26.6. The summed E-state index contributed by atoms with van der Waals surface area (Å²) in [7, 11) is 0. The fourth-order valence-electron chi connectivity index (χ4n) is 4.48. The fraction of sp³-hybridized carbons (Fsp3) is 0.400. The molecule has 1 saturated carbocycles. The maximum Gasteiger partial charge on any atom is 0.320 e. The van der Waals surface area contributed by atoms with Crippen molar-refractivity contribution < 1.29 is 19.1 Å². The van der Waals surface area contributed by atoms with Crippen LogP contribution in [0.5, 0.6) is 5.75 Å². The zero-order valence-electron chi connectivity index (χ0n) is 22.6. The van der Waals surface area contributed by atoms with Gasteiger partial charge < -0.3 is 20.1 Å². The Balaban J connectivity index is 1.36. The van der Waals surface area contributed by atoms with Crippen molar-refractivity contribution in [2.45, 2.75) is 45.2 Å². The van der Waals surface area contributed by atoms with E-state index in [9.17, 15) is 9.59 Å². The molecule has 0 bridgehead atoms. The van der Waals surface area contributed by atoms with Crippen LogP contribution in [0.4, 0.5) is 11.5 Å². The van der Waals surface area contributed by atoms with Gasteiger partial charge in [-0.15, -0.1) is 0 Å². The van der Waals surface area contributed by atoms with E-state index in [0.29, 0.717) is 42.9 Å². The summed E-state index contributed by atoms with van der Waals surface area (Å²) in [6, 6.07) is 13.9. The molecule has 2 aliphatic rings. The van der Waals surface area contributed by atoms with Gasteiger partial charge in [-0.25, -0.2) is 9.97 Å². The highest BCUT2D eigenvalue weighted by atomic mass is 16.5. The molecule has 1 aromatic heterocycles. The van der Waals surface area contributed by atoms with E-state index in [0.717, 1.165) is 29.3 Å². The molecule has 1 atom stereocenters. The van der Waals surface area contributed by atoms with Gasteiger partial charge in [-0.2, -0.15) is 0 Å². The first-order valence-electron chi connectivity index (χ1n) is 13.4. The van der Waals surface area contributed by atoms with Crippen LogP contribution < -0.4 is 15.4 Å². The summed E-state index contributed by atoms with van der Waals surface area (Å²) in [6.45, 7) is 7.68. The highest BCUT2D eigenvalue weighted by Crippen LogP contribution is 2.36. The molecule has 1 amide bonds. The first-order valence-corrected chi connectivity index (χ1v) is 13.4. The van der Waals surface area contributed by atoms with Crippen molar-refractivity contribution in [1.82, 2.24) is 14.9 Å². The summed E-state index contributed by atoms with van der Waals surface area (Å²) >= 11 is 0. The normalized spacial score (nSPS) is 18.1. The molecule has 39 heavy (non-hydrogen) atoms. The summed E-state index contributed by atoms with van der Waals surface area (Å²) in [5.41, 5.74) is 2.13. The third-order valence-electron chi connectivity index (χ3n) is 7.18. The van der Waals surface area contributed by atoms with E-state index in [-0.39, 0.29) is 30.0 Å². The Bertz CT molecular complexity index is 1370. The summed E-state index contributed by atoms with van der Waals surface area (Å²) in [5, 5.41) is 7.25. The number of benzene rings is 2. The Morgan fingerprint density at radius 1 is 1.23 bits per heavy atom. The number of carbonyl (C=O) groups excluding carboxylic acids is 2. The largest absolute Gasteiger partial charge is 0.491 e. The summed E-state index contributed by atoms with van der Waals surface area (Å²) in [5.74, 6) is 1.27. The van der Waals surface area contributed by atoms with Crippen molar-refractivity contribution in [3.8, 4) is 5.75 Å². The number of amides is 1. The van der Waals surface area contributed by atoms with Crippen LogP contribution in [0.25, 0.3) is 10.9 Å². The molecule has 2 N–H and O–H groups in total. The van der Waals surface area contributed by atoms with E-state index in [1.165, 1.54) is 12.4 Å². The number of anilines is 2. The van der Waals surface area contributed by atoms with Crippen LogP contribution in [0.15, 0.2) is 60.9 Å². The maximum atomic E-state index is 13.0. The molecule has 2 fully saturated rings. The second-order valence-corrected chi connectivity index (χ2v) is 10.9. The second-order valence-electron chi connectivity index (χ2n) is 10.9. The van der Waals surface area contributed by atoms with Crippen LogP contribution in [-0.4, -0.2) is 58.6 Å². The number of nitrogens with one attached hydrogen (secondary N) is 2. The number of rotatable bonds is 10. The summed E-state index contributed by atoms with van der Waals surface area (Å²) < 4.78 is 11.3. The smallest absolute Gasteiger partial charge is 0.320 e. The molecule has 9 heteroatoms. The van der Waals surface area contributed by atoms with Gasteiger partial charge in [0.15, 0.2) is 0 Å². The SMILES string of the molecule is C[C@@H](Nc1ncnc2cc(OCC3CC3)c(NC(=O)C=CCN3CC(=O)OCC3(C)C)cc12)c1ccccc1. The number of hydrogen-bond acceptors (Lipinski definition) is 8. The van der Waals surface area contributed by atoms with Crippen LogP contribution >= 0.6 is 0 Å². The standard InChI is InChI=1S/C30H35N5O4/c1-20(22-8-5-4-6-9-22)33-29-23-14-25(26(38-17-21-11-12-21)15-24(23)31-19-32-29)34-27(36)10-7-13-35-16-28(37)39-18-30(35,2)3/h4-10,14-15,19-21H,11-13,16-18H2,1-3H3,(H,34,36)(H,31,32,33)/t20-/m1/s1. The number of cyclic esters (lactones) is 1. The zero-order valence-corrected chi connectivity index (χ0v) is 22.6. The van der Waals surface area contributed by atoms with Crippen LogP contribution in [0, 0.1) is 5.92 Å². The molecule has 3 aromatic rings. The predicted molar refractivity (Wildman–Crippen MR) is 151 cm³/mol. The van der Waals surface area contributed by atoms with Gasteiger partial charge in [0.05, 0.1) is 29.9 Å². The van der Waals surface area contributed by atoms with Crippen LogP contribution in [0.1, 0.15) is 45.2 Å². The number of aromatic nitrogens is 2. The van der Waals surface area contributed by atoms with Crippen molar-refractivity contribution in [3.05, 3.63) is 66.5 Å². The van der Waals surface area contributed by atoms with Crippen molar-refractivity contribution in [3.63, 3.8) is 0 Å². The van der Waals surface area contributed by atoms with Crippen molar-refractivity contribution in [1.29, 1.82) is 0 Å². The molecule has 1 aliphatic carbocycles. The van der Waals surface area contributed by atoms with Gasteiger partial charge in [-0.05, 0) is 51.2 Å². The molecule has 2 heterocycles. The minimum atomic E-state index is -0.294. The van der Waals surface area contributed by atoms with Crippen LogP contribution in [-0.2, 0) is 14.3 Å². The van der Waals surface area contributed by atoms with E-state index in [2.05, 4.69) is 39.7 Å². The molecule has 5 rings (SSSR count). The van der Waals surface area contributed by atoms with Crippen molar-refractivity contribution in [2.24, 2.45) is 5.92 Å². The minimum Gasteiger partial charge on any atom is -0.491 e. The number of nitrogens with zero attached hydrogens (tertiary/aromatic N) is 3. The predicted octanol–water partition coefficient (Wildman–Crippen LogP) is 4.72. The van der Waals surface area contributed by atoms with Gasteiger partial charge in [-0.3, -0.25) is 14.5 Å². The lowest BCUT2D eigenvalue weighted by molar-refractivity contribution is -0.159. The average molecular weight is 530 g/mol. The Hall–Kier alpha value is -3.98. The van der Waals surface area contributed by atoms with E-state index in [1.807, 2.05) is 49.1 Å². The molecule has 0 radical (unpaired) electrons. The number of esters is 1. The van der Waals surface area contributed by atoms with Gasteiger partial charge in [0.2, 0.25) is 5.91 Å². The fourth-order valence-corrected chi connectivity index (χ4v) is 4.48. The van der Waals surface area contributed by atoms with E-state index < -0.39 is 0 Å². The maximum absolute atomic E-state index is 13.0. The van der Waals surface area contributed by atoms with Gasteiger partial charge >= 0.3 is 5.97 Å². The van der Waals surface area contributed by atoms with E-state index in [1.54, 1.807) is 6.08 Å². The van der Waals surface area contributed by atoms with Gasteiger partial charge in [-0.1, -0.05) is 36.4 Å². The van der Waals surface area contributed by atoms with Crippen LogP contribution in [0.3, 0.4) is 0 Å². The van der Waals surface area contributed by atoms with Crippen molar-refractivity contribution in [2.75, 3.05) is 36.9 Å². The highest BCUT2D eigenvalue weighted by Gasteiger charge is 2.34. The van der Waals surface area contributed by atoms with E-state index >= 15 is 0 Å². The molecule has 0 unspecified atom stereocenters. The average Bonchev–Trinajstić information content (AvgIpc) is 3.75. The Morgan fingerprint density at radius 3 is 2.79 bits per heavy atom. The van der Waals surface area contributed by atoms with Gasteiger partial charge in [0.1, 0.15) is 24.5 Å². The Morgan fingerprint density at radius 2 is 2.03 bits per heavy atom. The lowest BCUT2D eigenvalue weighted by Crippen LogP contribution is -2.54. The number of carbonyl (C=O) groups is 2. The minimum absolute atomic E-state index is 0.0207. The topological polar surface area (TPSA) is 106 Å². The molecular weight excluding hydrogens is 494 g/mol. The van der Waals surface area contributed by atoms with Crippen molar-refractivity contribution >= 4 is 34.3 Å². The quantitative estimate of drug-likeness (QED) is 0.287. The molecule has 1 aliphatic heterocycles. The van der Waals surface area contributed by atoms with E-state index in [4.69, 9.17) is 9.47 Å². The number of hydrogen-bond donors (Lipinski definition) is 2. The number of morpholine rings is 1. The zero-order chi connectivity index (χ0) is 27.4. The monoisotopic (exact) mass is 529 g/mol. The number of fused-ring (bicyclic) bond motifs is 1. The molecule has 204 valence electrons. The summed E-state index contributed by atoms with van der Waals surface area (Å²) in [6.07, 6.45) is 7.10. The molecule has 0 spiro atoms. The first-order chi connectivity index (χ1) is 18.8. The van der Waals surface area contributed by atoms with Gasteiger partial charge in [0.25, 0.3) is 0 Å².